The summed E-state index contributed by atoms with van der Waals surface area (Å²) in [6, 6.07) is 0. The minimum absolute atomic E-state index is 0.100. The molecule has 0 aromatic rings. The van der Waals surface area contributed by atoms with Crippen molar-refractivity contribution in [2.45, 2.75) is 172 Å². The lowest BCUT2D eigenvalue weighted by Gasteiger charge is -2.71. The number of carbonyl (C=O) groups is 1. The molecule has 4 aliphatic heterocycles. The summed E-state index contributed by atoms with van der Waals surface area (Å²) >= 11 is 0. The van der Waals surface area contributed by atoms with E-state index in [2.05, 4.69) is 46.8 Å². The summed E-state index contributed by atoms with van der Waals surface area (Å²) in [5.41, 5.74) is -1.81. The van der Waals surface area contributed by atoms with Gasteiger partial charge in [-0.2, -0.15) is 0 Å². The number of ether oxygens (including phenoxy) is 5. The number of fused-ring (bicyclic) bond motifs is 7. The van der Waals surface area contributed by atoms with Crippen molar-refractivity contribution in [3.63, 3.8) is 0 Å². The molecular formula is C41H62O13. The van der Waals surface area contributed by atoms with Gasteiger partial charge in [-0.15, -0.1) is 0 Å². The van der Waals surface area contributed by atoms with Gasteiger partial charge in [0, 0.05) is 0 Å². The number of aliphatic hydroxyl groups is 7. The summed E-state index contributed by atoms with van der Waals surface area (Å²) in [7, 11) is 0. The molecule has 54 heavy (non-hydrogen) atoms. The maximum atomic E-state index is 13.6. The van der Waals surface area contributed by atoms with E-state index >= 15 is 0 Å². The van der Waals surface area contributed by atoms with Crippen LogP contribution in [0.25, 0.3) is 0 Å². The van der Waals surface area contributed by atoms with Gasteiger partial charge in [-0.25, -0.2) is 0 Å². The van der Waals surface area contributed by atoms with Crippen LogP contribution in [0.15, 0.2) is 23.3 Å². The van der Waals surface area contributed by atoms with Crippen molar-refractivity contribution in [3.8, 4) is 0 Å². The van der Waals surface area contributed by atoms with Crippen molar-refractivity contribution in [1.29, 1.82) is 0 Å². The lowest BCUT2D eigenvalue weighted by Crippen LogP contribution is -2.71. The van der Waals surface area contributed by atoms with Crippen molar-refractivity contribution in [2.24, 2.45) is 38.9 Å². The first-order chi connectivity index (χ1) is 25.1. The number of hydrogen-bond acceptors (Lipinski definition) is 13. The van der Waals surface area contributed by atoms with Crippen LogP contribution in [0.1, 0.15) is 99.8 Å². The predicted molar refractivity (Wildman–Crippen MR) is 191 cm³/mol. The SMILES string of the molecule is CC1(C)C(OC2OCC(O)C(OC3OC(CO)C(O)C(O)C3O)C2O)CCC2(C)C1CCC1(C)C2C=CC2=C3C4(CCC(C)(OC4=O)C3(C)O)CCC21C. The molecule has 304 valence electrons. The van der Waals surface area contributed by atoms with Gasteiger partial charge in [0.05, 0.1) is 24.7 Å². The summed E-state index contributed by atoms with van der Waals surface area (Å²) in [6.45, 7) is 14.5. The molecule has 7 fully saturated rings. The fraction of sp³-hybridized carbons (Fsp3) is 0.878. The van der Waals surface area contributed by atoms with Crippen LogP contribution in [0.5, 0.6) is 0 Å². The van der Waals surface area contributed by atoms with Crippen LogP contribution >= 0.6 is 0 Å². The molecule has 0 aromatic carbocycles. The van der Waals surface area contributed by atoms with E-state index in [9.17, 15) is 40.5 Å². The van der Waals surface area contributed by atoms with Gasteiger partial charge in [-0.05, 0) is 110 Å². The number of rotatable bonds is 5. The highest BCUT2D eigenvalue weighted by atomic mass is 16.7. The molecule has 13 heteroatoms. The topological polar surface area (TPSA) is 205 Å². The molecule has 5 aliphatic carbocycles. The van der Waals surface area contributed by atoms with E-state index in [4.69, 9.17) is 23.7 Å². The van der Waals surface area contributed by atoms with E-state index in [-0.39, 0.29) is 52.2 Å². The van der Waals surface area contributed by atoms with Gasteiger partial charge in [0.1, 0.15) is 53.9 Å². The molecule has 0 radical (unpaired) electrons. The quantitative estimate of drug-likeness (QED) is 0.158. The minimum atomic E-state index is -1.69. The standard InChI is InChI=1S/C41H62O13/c1-35(2)23-10-13-38(5)24(9-8-20-31-40(7,49)39(6)15-17-41(31,34(48)54-39)16-14-37(20,38)4)36(23,3)12-11-25(35)52-32-29(47)30(21(43)19-50-32)53-33-28(46)27(45)26(44)22(18-42)51-33/h8-9,21-30,32-33,42-47,49H,10-19H2,1-7H3. The van der Waals surface area contributed by atoms with Gasteiger partial charge in [-0.1, -0.05) is 46.8 Å². The van der Waals surface area contributed by atoms with Gasteiger partial charge in [0.25, 0.3) is 0 Å². The van der Waals surface area contributed by atoms with Crippen LogP contribution in [0.4, 0.5) is 0 Å². The number of carbonyl (C=O) groups excluding carboxylic acids is 1. The van der Waals surface area contributed by atoms with Crippen molar-refractivity contribution < 1.29 is 64.2 Å². The fourth-order valence-corrected chi connectivity index (χ4v) is 13.3. The summed E-state index contributed by atoms with van der Waals surface area (Å²) in [6.07, 6.45) is -2.28. The number of allylic oxidation sites excluding steroid dienone is 3. The third kappa shape index (κ3) is 4.99. The molecule has 13 nitrogen and oxygen atoms in total. The molecule has 1 spiro atoms. The Morgan fingerprint density at radius 3 is 2.20 bits per heavy atom. The average Bonchev–Trinajstić information content (AvgIpc) is 3.10. The summed E-state index contributed by atoms with van der Waals surface area (Å²) in [5.74, 6) is 0.287. The first kappa shape index (κ1) is 39.3. The highest BCUT2D eigenvalue weighted by molar-refractivity contribution is 5.86. The highest BCUT2D eigenvalue weighted by Crippen LogP contribution is 2.75. The van der Waals surface area contributed by atoms with E-state index in [0.29, 0.717) is 25.7 Å². The van der Waals surface area contributed by atoms with E-state index < -0.39 is 78.5 Å². The summed E-state index contributed by atoms with van der Waals surface area (Å²) in [5, 5.41) is 75.1. The molecule has 4 saturated heterocycles. The molecule has 18 atom stereocenters. The van der Waals surface area contributed by atoms with Gasteiger partial charge >= 0.3 is 5.97 Å². The Morgan fingerprint density at radius 1 is 0.815 bits per heavy atom. The van der Waals surface area contributed by atoms with Gasteiger partial charge in [0.2, 0.25) is 0 Å². The third-order valence-corrected chi connectivity index (χ3v) is 17.0. The zero-order valence-corrected chi connectivity index (χ0v) is 32.7. The molecule has 3 saturated carbocycles. The second-order valence-electron chi connectivity index (χ2n) is 19.8. The monoisotopic (exact) mass is 762 g/mol. The zero-order chi connectivity index (χ0) is 39.2. The maximum absolute atomic E-state index is 13.6. The van der Waals surface area contributed by atoms with E-state index in [1.54, 1.807) is 0 Å². The average molecular weight is 763 g/mol. The smallest absolute Gasteiger partial charge is 0.317 e. The Hall–Kier alpha value is -1.49. The Kier molecular flexibility index (Phi) is 9.11. The van der Waals surface area contributed by atoms with E-state index in [1.165, 1.54) is 0 Å². The minimum Gasteiger partial charge on any atom is -0.455 e. The van der Waals surface area contributed by atoms with Gasteiger partial charge in [0.15, 0.2) is 12.6 Å². The van der Waals surface area contributed by atoms with Gasteiger partial charge < -0.3 is 59.4 Å². The van der Waals surface area contributed by atoms with Crippen molar-refractivity contribution in [1.82, 2.24) is 0 Å². The number of aliphatic hydroxyl groups excluding tert-OH is 6. The molecule has 0 aromatic heterocycles. The second kappa shape index (κ2) is 12.5. The largest absolute Gasteiger partial charge is 0.455 e. The van der Waals surface area contributed by atoms with Crippen molar-refractivity contribution >= 4 is 5.97 Å². The fourth-order valence-electron chi connectivity index (χ4n) is 13.3. The normalized spacial score (nSPS) is 56.4. The number of hydrogen-bond donors (Lipinski definition) is 7. The van der Waals surface area contributed by atoms with Crippen LogP contribution in [0, 0.1) is 38.9 Å². The van der Waals surface area contributed by atoms with Crippen LogP contribution in [0.2, 0.25) is 0 Å². The molecule has 9 rings (SSSR count). The Labute approximate surface area is 317 Å². The molecule has 0 amide bonds. The van der Waals surface area contributed by atoms with Crippen LogP contribution in [-0.4, -0.2) is 128 Å². The van der Waals surface area contributed by atoms with Crippen molar-refractivity contribution in [2.75, 3.05) is 13.2 Å². The molecular weight excluding hydrogens is 700 g/mol. The Balaban J connectivity index is 1.04. The zero-order valence-electron chi connectivity index (χ0n) is 32.7. The summed E-state index contributed by atoms with van der Waals surface area (Å²) < 4.78 is 29.8. The Morgan fingerprint density at radius 2 is 1.52 bits per heavy atom. The lowest BCUT2D eigenvalue weighted by atomic mass is 9.35. The molecule has 18 unspecified atom stereocenters. The third-order valence-electron chi connectivity index (χ3n) is 17.0. The van der Waals surface area contributed by atoms with Crippen LogP contribution in [0.3, 0.4) is 0 Å². The first-order valence-electron chi connectivity index (χ1n) is 20.1. The van der Waals surface area contributed by atoms with E-state index in [0.717, 1.165) is 36.8 Å². The molecule has 4 heterocycles. The van der Waals surface area contributed by atoms with Crippen molar-refractivity contribution in [3.05, 3.63) is 23.3 Å². The first-order valence-corrected chi connectivity index (χ1v) is 20.1. The van der Waals surface area contributed by atoms with E-state index in [1.807, 2.05) is 13.8 Å². The lowest BCUT2D eigenvalue weighted by molar-refractivity contribution is -0.356. The highest BCUT2D eigenvalue weighted by Gasteiger charge is 2.73. The molecule has 7 N–H and O–H groups in total. The molecule has 2 bridgehead atoms. The second-order valence-corrected chi connectivity index (χ2v) is 19.8. The molecule has 9 aliphatic rings. The summed E-state index contributed by atoms with van der Waals surface area (Å²) in [4.78, 5) is 13.6. The predicted octanol–water partition coefficient (Wildman–Crippen LogP) is 2.01. The van der Waals surface area contributed by atoms with Crippen LogP contribution < -0.4 is 0 Å². The maximum Gasteiger partial charge on any atom is 0.317 e. The Bertz CT molecular complexity index is 1590. The van der Waals surface area contributed by atoms with Crippen LogP contribution in [-0.2, 0) is 28.5 Å². The van der Waals surface area contributed by atoms with Gasteiger partial charge in [-0.3, -0.25) is 4.79 Å². The number of esters is 1.